The van der Waals surface area contributed by atoms with Crippen LogP contribution in [0.2, 0.25) is 0 Å². The average Bonchev–Trinajstić information content (AvgIpc) is 3.60. The SMILES string of the molecule is COc1ccc(OC)c(CN(C(=O)CCCNC(=O)c2ccc(F)cc2)C2CC2)c1. The third-order valence-corrected chi connectivity index (χ3v) is 5.10. The highest BCUT2D eigenvalue weighted by molar-refractivity contribution is 5.94. The first kappa shape index (κ1) is 21.6. The predicted octanol–water partition coefficient (Wildman–Crippen LogP) is 3.54. The van der Waals surface area contributed by atoms with Crippen molar-refractivity contribution in [2.24, 2.45) is 0 Å². The van der Waals surface area contributed by atoms with Crippen molar-refractivity contribution < 1.29 is 23.5 Å². The zero-order valence-electron chi connectivity index (χ0n) is 17.3. The first-order chi connectivity index (χ1) is 14.5. The van der Waals surface area contributed by atoms with Crippen LogP contribution in [0.1, 0.15) is 41.6 Å². The van der Waals surface area contributed by atoms with Crippen molar-refractivity contribution in [2.75, 3.05) is 20.8 Å². The van der Waals surface area contributed by atoms with E-state index in [9.17, 15) is 14.0 Å². The maximum atomic E-state index is 12.9. The van der Waals surface area contributed by atoms with Gasteiger partial charge in [-0.25, -0.2) is 4.39 Å². The van der Waals surface area contributed by atoms with E-state index in [0.717, 1.165) is 29.9 Å². The van der Waals surface area contributed by atoms with Gasteiger partial charge in [0.25, 0.3) is 5.91 Å². The molecule has 0 heterocycles. The highest BCUT2D eigenvalue weighted by Gasteiger charge is 2.32. The minimum atomic E-state index is -0.384. The first-order valence-electron chi connectivity index (χ1n) is 10.1. The van der Waals surface area contributed by atoms with Crippen molar-refractivity contribution in [3.63, 3.8) is 0 Å². The Balaban J connectivity index is 1.53. The van der Waals surface area contributed by atoms with E-state index in [1.165, 1.54) is 24.3 Å². The summed E-state index contributed by atoms with van der Waals surface area (Å²) in [6.07, 6.45) is 2.87. The number of hydrogen-bond acceptors (Lipinski definition) is 4. The van der Waals surface area contributed by atoms with Gasteiger partial charge >= 0.3 is 0 Å². The molecule has 7 heteroatoms. The monoisotopic (exact) mass is 414 g/mol. The second-order valence-electron chi connectivity index (χ2n) is 7.30. The number of ether oxygens (including phenoxy) is 2. The average molecular weight is 414 g/mol. The molecule has 2 aromatic carbocycles. The van der Waals surface area contributed by atoms with Gasteiger partial charge in [-0.3, -0.25) is 9.59 Å². The Morgan fingerprint density at radius 2 is 1.83 bits per heavy atom. The van der Waals surface area contributed by atoms with E-state index < -0.39 is 0 Å². The molecule has 0 aliphatic heterocycles. The van der Waals surface area contributed by atoms with Crippen molar-refractivity contribution in [2.45, 2.75) is 38.3 Å². The van der Waals surface area contributed by atoms with Crippen LogP contribution in [0.4, 0.5) is 4.39 Å². The molecule has 2 amide bonds. The van der Waals surface area contributed by atoms with Gasteiger partial charge in [-0.05, 0) is 61.7 Å². The van der Waals surface area contributed by atoms with Crippen LogP contribution < -0.4 is 14.8 Å². The van der Waals surface area contributed by atoms with E-state index in [4.69, 9.17) is 9.47 Å². The normalized spacial score (nSPS) is 12.9. The van der Waals surface area contributed by atoms with Crippen molar-refractivity contribution >= 4 is 11.8 Å². The van der Waals surface area contributed by atoms with Crippen LogP contribution in [0, 0.1) is 5.82 Å². The molecule has 2 aromatic rings. The molecular weight excluding hydrogens is 387 g/mol. The lowest BCUT2D eigenvalue weighted by molar-refractivity contribution is -0.132. The van der Waals surface area contributed by atoms with Crippen LogP contribution in [0.15, 0.2) is 42.5 Å². The number of methoxy groups -OCH3 is 2. The molecule has 1 N–H and O–H groups in total. The number of carbonyl (C=O) groups excluding carboxylic acids is 2. The van der Waals surface area contributed by atoms with Gasteiger partial charge in [0.05, 0.1) is 14.2 Å². The lowest BCUT2D eigenvalue weighted by Gasteiger charge is -2.24. The molecule has 30 heavy (non-hydrogen) atoms. The molecule has 0 aromatic heterocycles. The maximum Gasteiger partial charge on any atom is 0.251 e. The molecule has 0 saturated heterocycles. The number of benzene rings is 2. The molecule has 1 saturated carbocycles. The summed E-state index contributed by atoms with van der Waals surface area (Å²) >= 11 is 0. The summed E-state index contributed by atoms with van der Waals surface area (Å²) in [5.41, 5.74) is 1.30. The third-order valence-electron chi connectivity index (χ3n) is 5.10. The van der Waals surface area contributed by atoms with Gasteiger partial charge < -0.3 is 19.7 Å². The standard InChI is InChI=1S/C23H27FN2O4/c1-29-20-11-12-21(30-2)17(14-20)15-26(19-9-10-19)22(27)4-3-13-25-23(28)16-5-7-18(24)8-6-16/h5-8,11-12,14,19H,3-4,9-10,13,15H2,1-2H3,(H,25,28). The van der Waals surface area contributed by atoms with E-state index in [1.807, 2.05) is 23.1 Å². The third kappa shape index (κ3) is 5.72. The van der Waals surface area contributed by atoms with Crippen LogP contribution in [0.3, 0.4) is 0 Å². The van der Waals surface area contributed by atoms with Crippen LogP contribution in [0.25, 0.3) is 0 Å². The summed E-state index contributed by atoms with van der Waals surface area (Å²) in [6.45, 7) is 0.842. The van der Waals surface area contributed by atoms with Crippen LogP contribution in [-0.4, -0.2) is 43.5 Å². The molecule has 160 valence electrons. The lowest BCUT2D eigenvalue weighted by atomic mass is 10.1. The number of rotatable bonds is 10. The number of halogens is 1. The second kappa shape index (κ2) is 10.1. The summed E-state index contributed by atoms with van der Waals surface area (Å²) in [7, 11) is 3.22. The lowest BCUT2D eigenvalue weighted by Crippen LogP contribution is -2.33. The van der Waals surface area contributed by atoms with Gasteiger partial charge in [-0.2, -0.15) is 0 Å². The highest BCUT2D eigenvalue weighted by Crippen LogP contribution is 2.32. The number of hydrogen-bond donors (Lipinski definition) is 1. The molecule has 0 atom stereocenters. The smallest absolute Gasteiger partial charge is 0.251 e. The molecule has 1 aliphatic rings. The van der Waals surface area contributed by atoms with Crippen molar-refractivity contribution in [3.05, 3.63) is 59.4 Å². The Labute approximate surface area is 176 Å². The number of nitrogens with one attached hydrogen (secondary N) is 1. The van der Waals surface area contributed by atoms with E-state index in [0.29, 0.717) is 31.5 Å². The minimum absolute atomic E-state index is 0.0541. The summed E-state index contributed by atoms with van der Waals surface area (Å²) in [4.78, 5) is 26.8. The zero-order valence-corrected chi connectivity index (χ0v) is 17.3. The van der Waals surface area contributed by atoms with Gasteiger partial charge in [0.1, 0.15) is 17.3 Å². The predicted molar refractivity (Wildman–Crippen MR) is 111 cm³/mol. The Hall–Kier alpha value is -3.09. The van der Waals surface area contributed by atoms with Gasteiger partial charge in [-0.1, -0.05) is 0 Å². The summed E-state index contributed by atoms with van der Waals surface area (Å²) in [5, 5.41) is 2.77. The van der Waals surface area contributed by atoms with E-state index >= 15 is 0 Å². The Morgan fingerprint density at radius 3 is 2.47 bits per heavy atom. The van der Waals surface area contributed by atoms with Gasteiger partial charge in [-0.15, -0.1) is 0 Å². The molecule has 0 radical (unpaired) electrons. The van der Waals surface area contributed by atoms with Crippen LogP contribution in [0.5, 0.6) is 11.5 Å². The Morgan fingerprint density at radius 1 is 1.10 bits per heavy atom. The van der Waals surface area contributed by atoms with Gasteiger partial charge in [0.15, 0.2) is 0 Å². The summed E-state index contributed by atoms with van der Waals surface area (Å²) < 4.78 is 23.7. The summed E-state index contributed by atoms with van der Waals surface area (Å²) in [6, 6.07) is 11.2. The van der Waals surface area contributed by atoms with E-state index in [1.54, 1.807) is 14.2 Å². The highest BCUT2D eigenvalue weighted by atomic mass is 19.1. The number of carbonyl (C=O) groups is 2. The largest absolute Gasteiger partial charge is 0.497 e. The molecule has 0 unspecified atom stereocenters. The topological polar surface area (TPSA) is 67.9 Å². The summed E-state index contributed by atoms with van der Waals surface area (Å²) in [5.74, 6) is 0.837. The van der Waals surface area contributed by atoms with E-state index in [2.05, 4.69) is 5.32 Å². The molecule has 6 nitrogen and oxygen atoms in total. The van der Waals surface area contributed by atoms with Gasteiger partial charge in [0.2, 0.25) is 5.91 Å². The number of amides is 2. The zero-order chi connectivity index (χ0) is 21.5. The first-order valence-corrected chi connectivity index (χ1v) is 10.1. The van der Waals surface area contributed by atoms with Crippen LogP contribution >= 0.6 is 0 Å². The molecular formula is C23H27FN2O4. The molecule has 0 bridgehead atoms. The molecule has 1 fully saturated rings. The number of nitrogens with zero attached hydrogens (tertiary/aromatic N) is 1. The van der Waals surface area contributed by atoms with E-state index in [-0.39, 0.29) is 23.7 Å². The molecule has 1 aliphatic carbocycles. The molecule has 0 spiro atoms. The minimum Gasteiger partial charge on any atom is -0.497 e. The van der Waals surface area contributed by atoms with Crippen molar-refractivity contribution in [1.82, 2.24) is 10.2 Å². The molecule has 3 rings (SSSR count). The second-order valence-corrected chi connectivity index (χ2v) is 7.30. The Kier molecular flexibility index (Phi) is 7.27. The fourth-order valence-electron chi connectivity index (χ4n) is 3.28. The van der Waals surface area contributed by atoms with Gasteiger partial charge in [0, 0.05) is 36.7 Å². The van der Waals surface area contributed by atoms with Crippen LogP contribution in [-0.2, 0) is 11.3 Å². The fraction of sp³-hybridized carbons (Fsp3) is 0.391. The Bertz CT molecular complexity index is 881. The fourth-order valence-corrected chi connectivity index (χ4v) is 3.28. The van der Waals surface area contributed by atoms with Crippen molar-refractivity contribution in [3.8, 4) is 11.5 Å². The quantitative estimate of drug-likeness (QED) is 0.604. The van der Waals surface area contributed by atoms with Crippen molar-refractivity contribution in [1.29, 1.82) is 0 Å². The maximum absolute atomic E-state index is 12.9.